The SMILES string of the molecule is CN1CCc2c(-c3ccccc3)ccc(NC(=O)CO)c2C1. The normalized spacial score (nSPS) is 14.5. The van der Waals surface area contributed by atoms with Gasteiger partial charge in [0.1, 0.15) is 6.61 Å². The summed E-state index contributed by atoms with van der Waals surface area (Å²) < 4.78 is 0. The third kappa shape index (κ3) is 2.89. The van der Waals surface area contributed by atoms with Crippen LogP contribution in [0.5, 0.6) is 0 Å². The second-order valence-corrected chi connectivity index (χ2v) is 5.68. The van der Waals surface area contributed by atoms with Crippen molar-refractivity contribution in [2.75, 3.05) is 25.5 Å². The number of carbonyl (C=O) groups excluding carboxylic acids is 1. The van der Waals surface area contributed by atoms with E-state index in [1.54, 1.807) is 0 Å². The number of hydrogen-bond donors (Lipinski definition) is 2. The first-order valence-corrected chi connectivity index (χ1v) is 7.48. The van der Waals surface area contributed by atoms with Gasteiger partial charge in [-0.1, -0.05) is 36.4 Å². The van der Waals surface area contributed by atoms with E-state index in [4.69, 9.17) is 5.11 Å². The highest BCUT2D eigenvalue weighted by Gasteiger charge is 2.21. The second kappa shape index (κ2) is 6.30. The van der Waals surface area contributed by atoms with Gasteiger partial charge in [0.25, 0.3) is 0 Å². The molecule has 1 aliphatic heterocycles. The number of benzene rings is 2. The first-order chi connectivity index (χ1) is 10.7. The van der Waals surface area contributed by atoms with Crippen molar-refractivity contribution in [1.82, 2.24) is 4.90 Å². The number of aliphatic hydroxyl groups is 1. The van der Waals surface area contributed by atoms with Crippen molar-refractivity contribution in [2.45, 2.75) is 13.0 Å². The lowest BCUT2D eigenvalue weighted by Gasteiger charge is -2.29. The van der Waals surface area contributed by atoms with E-state index in [1.165, 1.54) is 16.7 Å². The summed E-state index contributed by atoms with van der Waals surface area (Å²) in [6, 6.07) is 14.3. The topological polar surface area (TPSA) is 52.6 Å². The van der Waals surface area contributed by atoms with E-state index in [2.05, 4.69) is 35.5 Å². The number of nitrogens with zero attached hydrogens (tertiary/aromatic N) is 1. The molecule has 0 atom stereocenters. The monoisotopic (exact) mass is 296 g/mol. The minimum atomic E-state index is -0.495. The average Bonchev–Trinajstić information content (AvgIpc) is 2.56. The van der Waals surface area contributed by atoms with Crippen LogP contribution in [0.25, 0.3) is 11.1 Å². The Morgan fingerprint density at radius 3 is 2.68 bits per heavy atom. The Morgan fingerprint density at radius 1 is 1.18 bits per heavy atom. The zero-order chi connectivity index (χ0) is 15.5. The summed E-state index contributed by atoms with van der Waals surface area (Å²) in [7, 11) is 2.08. The van der Waals surface area contributed by atoms with Crippen LogP contribution in [-0.4, -0.2) is 36.1 Å². The predicted octanol–water partition coefficient (Wildman–Crippen LogP) is 2.27. The Morgan fingerprint density at radius 2 is 1.95 bits per heavy atom. The van der Waals surface area contributed by atoms with Crippen molar-refractivity contribution in [3.63, 3.8) is 0 Å². The van der Waals surface area contributed by atoms with Gasteiger partial charge in [0.05, 0.1) is 0 Å². The summed E-state index contributed by atoms with van der Waals surface area (Å²) >= 11 is 0. The standard InChI is InChI=1S/C18H20N2O2/c1-20-10-9-15-14(13-5-3-2-4-6-13)7-8-17(16(15)11-20)19-18(22)12-21/h2-8,21H,9-12H2,1H3,(H,19,22). The Balaban J connectivity index is 2.08. The van der Waals surface area contributed by atoms with E-state index in [-0.39, 0.29) is 5.91 Å². The zero-order valence-electron chi connectivity index (χ0n) is 12.7. The first-order valence-electron chi connectivity index (χ1n) is 7.48. The molecule has 0 spiro atoms. The minimum Gasteiger partial charge on any atom is -0.387 e. The third-order valence-corrected chi connectivity index (χ3v) is 4.11. The molecule has 1 aliphatic rings. The van der Waals surface area contributed by atoms with Crippen molar-refractivity contribution < 1.29 is 9.90 Å². The van der Waals surface area contributed by atoms with E-state index >= 15 is 0 Å². The fourth-order valence-corrected chi connectivity index (χ4v) is 3.01. The highest BCUT2D eigenvalue weighted by molar-refractivity contribution is 5.93. The maximum atomic E-state index is 11.5. The summed E-state index contributed by atoms with van der Waals surface area (Å²) in [6.07, 6.45) is 0.957. The number of hydrogen-bond acceptors (Lipinski definition) is 3. The zero-order valence-corrected chi connectivity index (χ0v) is 12.7. The van der Waals surface area contributed by atoms with Crippen LogP contribution in [0.15, 0.2) is 42.5 Å². The van der Waals surface area contributed by atoms with Crippen molar-refractivity contribution in [3.8, 4) is 11.1 Å². The fraction of sp³-hybridized carbons (Fsp3) is 0.278. The van der Waals surface area contributed by atoms with Crippen LogP contribution in [-0.2, 0) is 17.8 Å². The van der Waals surface area contributed by atoms with Gasteiger partial charge in [-0.2, -0.15) is 0 Å². The Bertz CT molecular complexity index is 683. The van der Waals surface area contributed by atoms with Crippen LogP contribution in [0.3, 0.4) is 0 Å². The molecule has 22 heavy (non-hydrogen) atoms. The summed E-state index contributed by atoms with van der Waals surface area (Å²) in [6.45, 7) is 1.31. The third-order valence-electron chi connectivity index (χ3n) is 4.11. The summed E-state index contributed by atoms with van der Waals surface area (Å²) in [4.78, 5) is 13.8. The molecule has 4 nitrogen and oxygen atoms in total. The summed E-state index contributed by atoms with van der Waals surface area (Å²) in [5, 5.41) is 11.8. The number of amides is 1. The van der Waals surface area contributed by atoms with Crippen LogP contribution < -0.4 is 5.32 Å². The number of anilines is 1. The minimum absolute atomic E-state index is 0.372. The smallest absolute Gasteiger partial charge is 0.250 e. The lowest BCUT2D eigenvalue weighted by molar-refractivity contribution is -0.118. The molecule has 3 rings (SSSR count). The van der Waals surface area contributed by atoms with Crippen LogP contribution in [0.1, 0.15) is 11.1 Å². The van der Waals surface area contributed by atoms with Crippen LogP contribution in [0.4, 0.5) is 5.69 Å². The lowest BCUT2D eigenvalue weighted by atomic mass is 9.89. The van der Waals surface area contributed by atoms with Gasteiger partial charge < -0.3 is 15.3 Å². The summed E-state index contributed by atoms with van der Waals surface area (Å²) in [5.74, 6) is -0.372. The van der Waals surface area contributed by atoms with E-state index in [0.717, 1.165) is 30.8 Å². The molecule has 1 amide bonds. The molecule has 1 heterocycles. The number of likely N-dealkylation sites (N-methyl/N-ethyl adjacent to an activating group) is 1. The van der Waals surface area contributed by atoms with Gasteiger partial charge in [-0.3, -0.25) is 4.79 Å². The van der Waals surface area contributed by atoms with E-state index in [0.29, 0.717) is 0 Å². The number of rotatable bonds is 3. The molecule has 0 saturated heterocycles. The second-order valence-electron chi connectivity index (χ2n) is 5.68. The molecular formula is C18H20N2O2. The molecule has 2 aromatic rings. The van der Waals surface area contributed by atoms with Gasteiger partial charge in [0.15, 0.2) is 0 Å². The van der Waals surface area contributed by atoms with Crippen molar-refractivity contribution in [3.05, 3.63) is 53.6 Å². The molecule has 2 aromatic carbocycles. The number of fused-ring (bicyclic) bond motifs is 1. The van der Waals surface area contributed by atoms with Crippen LogP contribution in [0.2, 0.25) is 0 Å². The Labute approximate surface area is 130 Å². The molecule has 4 heteroatoms. The molecular weight excluding hydrogens is 276 g/mol. The largest absolute Gasteiger partial charge is 0.387 e. The lowest BCUT2D eigenvalue weighted by Crippen LogP contribution is -2.28. The highest BCUT2D eigenvalue weighted by atomic mass is 16.3. The molecule has 0 aliphatic carbocycles. The maximum Gasteiger partial charge on any atom is 0.250 e. The van der Waals surface area contributed by atoms with Crippen molar-refractivity contribution in [2.24, 2.45) is 0 Å². The average molecular weight is 296 g/mol. The molecule has 0 unspecified atom stereocenters. The van der Waals surface area contributed by atoms with Crippen molar-refractivity contribution >= 4 is 11.6 Å². The number of nitrogens with one attached hydrogen (secondary N) is 1. The highest BCUT2D eigenvalue weighted by Crippen LogP contribution is 2.34. The van der Waals surface area contributed by atoms with Crippen LogP contribution in [0, 0.1) is 0 Å². The van der Waals surface area contributed by atoms with E-state index < -0.39 is 6.61 Å². The molecule has 0 radical (unpaired) electrons. The van der Waals surface area contributed by atoms with E-state index in [9.17, 15) is 4.79 Å². The first kappa shape index (κ1) is 14.8. The van der Waals surface area contributed by atoms with Gasteiger partial charge >= 0.3 is 0 Å². The molecule has 2 N–H and O–H groups in total. The number of aliphatic hydroxyl groups excluding tert-OH is 1. The Hall–Kier alpha value is -2.17. The van der Waals surface area contributed by atoms with E-state index in [1.807, 2.05) is 24.3 Å². The van der Waals surface area contributed by atoms with Gasteiger partial charge in [0, 0.05) is 18.8 Å². The van der Waals surface area contributed by atoms with Gasteiger partial charge in [-0.25, -0.2) is 0 Å². The Kier molecular flexibility index (Phi) is 4.22. The van der Waals surface area contributed by atoms with Crippen LogP contribution >= 0.6 is 0 Å². The predicted molar refractivity (Wildman–Crippen MR) is 87.6 cm³/mol. The number of carbonyl (C=O) groups is 1. The van der Waals surface area contributed by atoms with Crippen molar-refractivity contribution in [1.29, 1.82) is 0 Å². The molecule has 0 bridgehead atoms. The summed E-state index contributed by atoms with van der Waals surface area (Å²) in [5.41, 5.74) is 5.67. The molecule has 0 aromatic heterocycles. The molecule has 114 valence electrons. The fourth-order valence-electron chi connectivity index (χ4n) is 3.01. The van der Waals surface area contributed by atoms with Gasteiger partial charge in [-0.05, 0) is 41.8 Å². The van der Waals surface area contributed by atoms with Gasteiger partial charge in [-0.15, -0.1) is 0 Å². The molecule has 0 saturated carbocycles. The maximum absolute atomic E-state index is 11.5. The van der Waals surface area contributed by atoms with Gasteiger partial charge in [0.2, 0.25) is 5.91 Å². The molecule has 0 fully saturated rings. The quantitative estimate of drug-likeness (QED) is 0.913.